The number of aromatic nitrogens is 5. The Morgan fingerprint density at radius 2 is 2.15 bits per heavy atom. The number of aromatic amines is 1. The minimum absolute atomic E-state index is 0.125. The highest BCUT2D eigenvalue weighted by atomic mass is 35.5. The van der Waals surface area contributed by atoms with Crippen LogP contribution >= 0.6 is 11.6 Å². The Labute approximate surface area is 193 Å². The minimum atomic E-state index is -0.316. The lowest BCUT2D eigenvalue weighted by Gasteiger charge is -2.58. The summed E-state index contributed by atoms with van der Waals surface area (Å²) < 4.78 is 22.0. The zero-order valence-corrected chi connectivity index (χ0v) is 18.6. The van der Waals surface area contributed by atoms with Crippen molar-refractivity contribution in [2.75, 3.05) is 19.6 Å². The van der Waals surface area contributed by atoms with E-state index in [1.54, 1.807) is 28.8 Å². The van der Waals surface area contributed by atoms with Crippen LogP contribution in [0, 0.1) is 11.2 Å². The first-order valence-corrected chi connectivity index (χ1v) is 11.4. The summed E-state index contributed by atoms with van der Waals surface area (Å²) in [5.41, 5.74) is 1.35. The molecule has 33 heavy (non-hydrogen) atoms. The fourth-order valence-electron chi connectivity index (χ4n) is 5.30. The Morgan fingerprint density at radius 3 is 3.00 bits per heavy atom. The molecule has 4 aromatic rings. The number of hydrogen-bond donors (Lipinski definition) is 1. The topological polar surface area (TPSA) is 88.4 Å². The quantitative estimate of drug-likeness (QED) is 0.467. The van der Waals surface area contributed by atoms with Crippen molar-refractivity contribution in [2.24, 2.45) is 5.41 Å². The summed E-state index contributed by atoms with van der Waals surface area (Å²) in [6.07, 6.45) is 8.21. The van der Waals surface area contributed by atoms with Crippen LogP contribution in [0.1, 0.15) is 24.8 Å². The zero-order chi connectivity index (χ0) is 22.6. The van der Waals surface area contributed by atoms with Crippen molar-refractivity contribution in [3.05, 3.63) is 63.7 Å². The summed E-state index contributed by atoms with van der Waals surface area (Å²) in [7, 11) is 0. The highest BCUT2D eigenvalue weighted by molar-refractivity contribution is 6.35. The van der Waals surface area contributed by atoms with E-state index in [4.69, 9.17) is 16.3 Å². The number of aryl methyl sites for hydroxylation is 1. The lowest BCUT2D eigenvalue weighted by molar-refractivity contribution is -0.118. The molecule has 1 saturated carbocycles. The van der Waals surface area contributed by atoms with Crippen LogP contribution in [0.5, 0.6) is 5.75 Å². The number of nitrogens with zero attached hydrogens (tertiary/aromatic N) is 5. The van der Waals surface area contributed by atoms with E-state index in [2.05, 4.69) is 25.3 Å². The molecule has 8 nitrogen and oxygen atoms in total. The average Bonchev–Trinajstić information content (AvgIpc) is 3.19. The van der Waals surface area contributed by atoms with Gasteiger partial charge in [0, 0.05) is 24.7 Å². The largest absolute Gasteiger partial charge is 0.490 e. The highest BCUT2D eigenvalue weighted by Crippen LogP contribution is 2.50. The van der Waals surface area contributed by atoms with Gasteiger partial charge in [0.05, 0.1) is 28.1 Å². The molecular formula is C23H22ClFN6O2. The van der Waals surface area contributed by atoms with Gasteiger partial charge in [-0.3, -0.25) is 9.20 Å². The summed E-state index contributed by atoms with van der Waals surface area (Å²) in [5, 5.41) is 15.5. The van der Waals surface area contributed by atoms with Gasteiger partial charge in [-0.15, -0.1) is 10.2 Å². The molecule has 1 aliphatic carbocycles. The first-order chi connectivity index (χ1) is 16.0. The lowest BCUT2D eigenvalue weighted by Crippen LogP contribution is -2.64. The monoisotopic (exact) mass is 468 g/mol. The summed E-state index contributed by atoms with van der Waals surface area (Å²) >= 11 is 6.18. The molecule has 1 spiro atoms. The molecular weight excluding hydrogens is 447 g/mol. The molecule has 0 unspecified atom stereocenters. The fourth-order valence-corrected chi connectivity index (χ4v) is 5.55. The molecule has 0 bridgehead atoms. The number of likely N-dealkylation sites (tertiary alicyclic amines) is 1. The normalized spacial score (nSPS) is 18.0. The lowest BCUT2D eigenvalue weighted by atomic mass is 9.61. The van der Waals surface area contributed by atoms with Crippen LogP contribution in [-0.4, -0.2) is 55.4 Å². The van der Waals surface area contributed by atoms with Crippen LogP contribution in [0.15, 0.2) is 41.7 Å². The number of benzene rings is 1. The van der Waals surface area contributed by atoms with Gasteiger partial charge >= 0.3 is 0 Å². The molecule has 0 amide bonds. The first kappa shape index (κ1) is 20.6. The molecule has 1 saturated heterocycles. The van der Waals surface area contributed by atoms with Crippen molar-refractivity contribution in [1.82, 2.24) is 29.7 Å². The molecule has 1 aliphatic heterocycles. The van der Waals surface area contributed by atoms with Gasteiger partial charge in [0.1, 0.15) is 17.9 Å². The van der Waals surface area contributed by atoms with Crippen molar-refractivity contribution in [3.63, 3.8) is 0 Å². The molecule has 3 aromatic heterocycles. The van der Waals surface area contributed by atoms with E-state index < -0.39 is 0 Å². The van der Waals surface area contributed by atoms with Crippen molar-refractivity contribution in [3.8, 4) is 5.75 Å². The number of H-pyrrole nitrogens is 1. The maximum Gasteiger partial charge on any atom is 0.273 e. The third-order valence-corrected chi connectivity index (χ3v) is 7.17. The van der Waals surface area contributed by atoms with E-state index in [1.165, 1.54) is 12.5 Å². The number of pyridine rings is 1. The molecule has 2 fully saturated rings. The van der Waals surface area contributed by atoms with E-state index in [1.807, 2.05) is 0 Å². The van der Waals surface area contributed by atoms with E-state index in [9.17, 15) is 9.18 Å². The first-order valence-electron chi connectivity index (χ1n) is 11.0. The maximum absolute atomic E-state index is 14.2. The van der Waals surface area contributed by atoms with Crippen molar-refractivity contribution < 1.29 is 9.13 Å². The van der Waals surface area contributed by atoms with Crippen LogP contribution in [0.4, 0.5) is 4.39 Å². The zero-order valence-electron chi connectivity index (χ0n) is 17.8. The molecule has 0 radical (unpaired) electrons. The Hall–Kier alpha value is -3.04. The number of rotatable bonds is 6. The van der Waals surface area contributed by atoms with Gasteiger partial charge < -0.3 is 9.64 Å². The summed E-state index contributed by atoms with van der Waals surface area (Å²) in [4.78, 5) is 14.5. The maximum atomic E-state index is 14.2. The van der Waals surface area contributed by atoms with Gasteiger partial charge in [-0.1, -0.05) is 11.6 Å². The summed E-state index contributed by atoms with van der Waals surface area (Å²) in [6.45, 7) is 3.03. The second-order valence-corrected chi connectivity index (χ2v) is 9.65. The molecule has 10 heteroatoms. The van der Waals surface area contributed by atoms with Crippen molar-refractivity contribution in [1.29, 1.82) is 0 Å². The molecule has 6 rings (SSSR count). The van der Waals surface area contributed by atoms with Crippen LogP contribution in [0.3, 0.4) is 0 Å². The van der Waals surface area contributed by atoms with Crippen molar-refractivity contribution >= 4 is 28.0 Å². The summed E-state index contributed by atoms with van der Waals surface area (Å²) in [5.74, 6) is 0.434. The fraction of sp³-hybridized carbons (Fsp3) is 0.391. The number of fused-ring (bicyclic) bond motifs is 2. The standard InChI is InChI=1S/C23H22ClFN6O2/c24-17-3-4-19(16-9-26-29-22(32)21(16)17)33-15-7-23(8-15)11-30(12-23)5-1-2-14-6-20-28-27-13-31(20)10-18(14)25/h3-4,6,9-10,13,15H,1-2,5,7-8,11-12H2,(H,29,32). The molecule has 4 heterocycles. The molecule has 2 aliphatic rings. The van der Waals surface area contributed by atoms with Gasteiger partial charge in [-0.05, 0) is 56.0 Å². The molecule has 0 atom stereocenters. The third-order valence-electron chi connectivity index (χ3n) is 6.86. The van der Waals surface area contributed by atoms with Gasteiger partial charge in [0.25, 0.3) is 5.56 Å². The van der Waals surface area contributed by atoms with E-state index in [-0.39, 0.29) is 17.5 Å². The molecule has 170 valence electrons. The average molecular weight is 469 g/mol. The Balaban J connectivity index is 1.00. The molecule has 1 aromatic carbocycles. The van der Waals surface area contributed by atoms with E-state index in [0.717, 1.165) is 38.9 Å². The van der Waals surface area contributed by atoms with Crippen molar-refractivity contribution in [2.45, 2.75) is 31.8 Å². The van der Waals surface area contributed by atoms with E-state index >= 15 is 0 Å². The van der Waals surface area contributed by atoms with Crippen LogP contribution in [0.25, 0.3) is 16.4 Å². The van der Waals surface area contributed by atoms with E-state index in [0.29, 0.717) is 44.6 Å². The SMILES string of the molecule is O=c1[nH]ncc2c(OC3CC4(C3)CN(CCCc3cc5nncn5cc3F)C4)ccc(Cl)c12. The highest BCUT2D eigenvalue weighted by Gasteiger charge is 2.53. The second-order valence-electron chi connectivity index (χ2n) is 9.24. The smallest absolute Gasteiger partial charge is 0.273 e. The van der Waals surface area contributed by atoms with Crippen LogP contribution < -0.4 is 10.3 Å². The number of hydrogen-bond acceptors (Lipinski definition) is 6. The van der Waals surface area contributed by atoms with Gasteiger partial charge in [0.15, 0.2) is 5.65 Å². The predicted molar refractivity (Wildman–Crippen MR) is 121 cm³/mol. The predicted octanol–water partition coefficient (Wildman–Crippen LogP) is 3.23. The number of nitrogens with one attached hydrogen (secondary N) is 1. The van der Waals surface area contributed by atoms with Gasteiger partial charge in [-0.25, -0.2) is 9.49 Å². The number of halogens is 2. The minimum Gasteiger partial charge on any atom is -0.490 e. The van der Waals surface area contributed by atoms with Gasteiger partial charge in [0.2, 0.25) is 0 Å². The van der Waals surface area contributed by atoms with Crippen LogP contribution in [-0.2, 0) is 6.42 Å². The Morgan fingerprint density at radius 1 is 1.30 bits per heavy atom. The Kier molecular flexibility index (Phi) is 4.84. The Bertz CT molecular complexity index is 1410. The second kappa shape index (κ2) is 7.78. The third kappa shape index (κ3) is 3.65. The number of ether oxygens (including phenoxy) is 1. The summed E-state index contributed by atoms with van der Waals surface area (Å²) in [6, 6.07) is 5.27. The van der Waals surface area contributed by atoms with Crippen LogP contribution in [0.2, 0.25) is 5.02 Å². The van der Waals surface area contributed by atoms with Gasteiger partial charge in [-0.2, -0.15) is 5.10 Å². The molecule has 1 N–H and O–H groups in total.